The zero-order chi connectivity index (χ0) is 13.1. The molecule has 18 heavy (non-hydrogen) atoms. The first-order valence-corrected chi connectivity index (χ1v) is 6.16. The Labute approximate surface area is 109 Å². The first-order valence-electron chi connectivity index (χ1n) is 5.34. The van der Waals surface area contributed by atoms with Crippen molar-refractivity contribution in [3.63, 3.8) is 0 Å². The summed E-state index contributed by atoms with van der Waals surface area (Å²) in [4.78, 5) is 16.0. The highest BCUT2D eigenvalue weighted by Gasteiger charge is 2.13. The number of aromatic nitrogens is 1. The van der Waals surface area contributed by atoms with Crippen LogP contribution in [0.25, 0.3) is 11.3 Å². The zero-order valence-electron chi connectivity index (χ0n) is 10.4. The number of benzene rings is 1. The molecule has 0 bridgehead atoms. The monoisotopic (exact) mass is 263 g/mol. The normalized spacial score (nSPS) is 10.2. The topological polar surface area (TPSA) is 48.4 Å². The van der Waals surface area contributed by atoms with Crippen LogP contribution in [0.2, 0.25) is 0 Å². The maximum absolute atomic E-state index is 11.0. The van der Waals surface area contributed by atoms with E-state index in [0.29, 0.717) is 22.1 Å². The molecule has 2 rings (SSSR count). The first kappa shape index (κ1) is 12.6. The minimum Gasteiger partial charge on any atom is -0.493 e. The predicted octanol–water partition coefficient (Wildman–Crippen LogP) is 2.95. The number of nitrogens with zero attached hydrogens (tertiary/aromatic N) is 1. The fourth-order valence-electron chi connectivity index (χ4n) is 1.71. The number of carbonyl (C=O) groups excluding carboxylic acids is 1. The third-order valence-corrected chi connectivity index (χ3v) is 3.42. The van der Waals surface area contributed by atoms with E-state index in [4.69, 9.17) is 9.47 Å². The highest BCUT2D eigenvalue weighted by atomic mass is 32.1. The number of hydrogen-bond acceptors (Lipinski definition) is 5. The fourth-order valence-corrected chi connectivity index (χ4v) is 2.48. The number of hydrogen-bond donors (Lipinski definition) is 0. The molecule has 0 atom stereocenters. The summed E-state index contributed by atoms with van der Waals surface area (Å²) >= 11 is 1.38. The van der Waals surface area contributed by atoms with Crippen LogP contribution in [0.15, 0.2) is 18.2 Å². The third kappa shape index (κ3) is 2.22. The second-order valence-corrected chi connectivity index (χ2v) is 4.87. The highest BCUT2D eigenvalue weighted by molar-refractivity contribution is 7.13. The van der Waals surface area contributed by atoms with Gasteiger partial charge in [-0.2, -0.15) is 0 Å². The van der Waals surface area contributed by atoms with Gasteiger partial charge in [-0.3, -0.25) is 4.79 Å². The van der Waals surface area contributed by atoms with Crippen LogP contribution in [0.3, 0.4) is 0 Å². The van der Waals surface area contributed by atoms with Crippen molar-refractivity contribution in [1.82, 2.24) is 4.98 Å². The summed E-state index contributed by atoms with van der Waals surface area (Å²) in [6, 6.07) is 5.49. The van der Waals surface area contributed by atoms with Crippen molar-refractivity contribution in [3.8, 4) is 22.8 Å². The Hall–Kier alpha value is -1.88. The molecule has 4 nitrogen and oxygen atoms in total. The van der Waals surface area contributed by atoms with Gasteiger partial charge < -0.3 is 9.47 Å². The summed E-state index contributed by atoms with van der Waals surface area (Å²) in [7, 11) is 3.16. The van der Waals surface area contributed by atoms with Crippen LogP contribution in [0, 0.1) is 6.92 Å². The molecule has 1 aromatic carbocycles. The van der Waals surface area contributed by atoms with E-state index < -0.39 is 0 Å². The predicted molar refractivity (Wildman–Crippen MR) is 70.8 cm³/mol. The number of rotatable bonds is 4. The Bertz CT molecular complexity index is 578. The molecule has 1 aromatic heterocycles. The quantitative estimate of drug-likeness (QED) is 0.796. The number of thiazole rings is 1. The van der Waals surface area contributed by atoms with Crippen LogP contribution in [0.4, 0.5) is 0 Å². The van der Waals surface area contributed by atoms with Gasteiger partial charge in [0.1, 0.15) is 0 Å². The molecule has 0 aliphatic heterocycles. The lowest BCUT2D eigenvalue weighted by Crippen LogP contribution is -1.92. The van der Waals surface area contributed by atoms with Crippen molar-refractivity contribution in [2.45, 2.75) is 6.92 Å². The lowest BCUT2D eigenvalue weighted by molar-refractivity contribution is 0.112. The number of aldehydes is 1. The molecule has 0 amide bonds. The average Bonchev–Trinajstić information content (AvgIpc) is 2.79. The molecule has 0 fully saturated rings. The number of methoxy groups -OCH3 is 2. The van der Waals surface area contributed by atoms with E-state index in [9.17, 15) is 4.79 Å². The van der Waals surface area contributed by atoms with Gasteiger partial charge in [-0.15, -0.1) is 11.3 Å². The molecule has 0 aliphatic carbocycles. The highest BCUT2D eigenvalue weighted by Crippen LogP contribution is 2.34. The lowest BCUT2D eigenvalue weighted by atomic mass is 10.1. The Morgan fingerprint density at radius 2 is 1.94 bits per heavy atom. The van der Waals surface area contributed by atoms with Gasteiger partial charge in [0.2, 0.25) is 0 Å². The van der Waals surface area contributed by atoms with E-state index in [1.807, 2.05) is 19.1 Å². The van der Waals surface area contributed by atoms with Crippen LogP contribution < -0.4 is 9.47 Å². The molecule has 0 N–H and O–H groups in total. The Morgan fingerprint density at radius 1 is 1.22 bits per heavy atom. The largest absolute Gasteiger partial charge is 0.493 e. The molecule has 0 radical (unpaired) electrons. The van der Waals surface area contributed by atoms with Crippen LogP contribution >= 0.6 is 11.3 Å². The van der Waals surface area contributed by atoms with Crippen molar-refractivity contribution >= 4 is 17.6 Å². The molecular weight excluding hydrogens is 250 g/mol. The lowest BCUT2D eigenvalue weighted by Gasteiger charge is -2.08. The second kappa shape index (κ2) is 5.18. The number of aryl methyl sites for hydroxylation is 1. The van der Waals surface area contributed by atoms with Crippen molar-refractivity contribution in [2.24, 2.45) is 0 Å². The summed E-state index contributed by atoms with van der Waals surface area (Å²) < 4.78 is 10.4. The Morgan fingerprint density at radius 3 is 2.56 bits per heavy atom. The summed E-state index contributed by atoms with van der Waals surface area (Å²) in [5, 5.41) is 0.863. The molecule has 0 unspecified atom stereocenters. The smallest absolute Gasteiger partial charge is 0.162 e. The maximum Gasteiger partial charge on any atom is 0.162 e. The van der Waals surface area contributed by atoms with Gasteiger partial charge in [0, 0.05) is 5.56 Å². The second-order valence-electron chi connectivity index (χ2n) is 3.63. The van der Waals surface area contributed by atoms with Crippen LogP contribution in [-0.4, -0.2) is 25.5 Å². The molecule has 5 heteroatoms. The van der Waals surface area contributed by atoms with Crippen molar-refractivity contribution < 1.29 is 14.3 Å². The molecular formula is C13H13NO3S. The Kier molecular flexibility index (Phi) is 3.62. The van der Waals surface area contributed by atoms with Crippen molar-refractivity contribution in [1.29, 1.82) is 0 Å². The van der Waals surface area contributed by atoms with Crippen molar-refractivity contribution in [2.75, 3.05) is 14.2 Å². The number of ether oxygens (including phenoxy) is 2. The van der Waals surface area contributed by atoms with Crippen LogP contribution in [0.5, 0.6) is 11.5 Å². The van der Waals surface area contributed by atoms with E-state index in [0.717, 1.165) is 16.9 Å². The first-order chi connectivity index (χ1) is 8.69. The van der Waals surface area contributed by atoms with E-state index >= 15 is 0 Å². The van der Waals surface area contributed by atoms with Gasteiger partial charge in [-0.25, -0.2) is 4.98 Å². The van der Waals surface area contributed by atoms with Gasteiger partial charge in [0.15, 0.2) is 17.8 Å². The van der Waals surface area contributed by atoms with Gasteiger partial charge >= 0.3 is 0 Å². The molecule has 94 valence electrons. The molecule has 0 spiro atoms. The summed E-state index contributed by atoms with van der Waals surface area (Å²) in [6.45, 7) is 1.88. The summed E-state index contributed by atoms with van der Waals surface area (Å²) in [6.07, 6.45) is 0.830. The summed E-state index contributed by atoms with van der Waals surface area (Å²) in [5.41, 5.74) is 1.53. The fraction of sp³-hybridized carbons (Fsp3) is 0.231. The molecule has 0 saturated heterocycles. The van der Waals surface area contributed by atoms with Crippen LogP contribution in [0.1, 0.15) is 14.7 Å². The minimum atomic E-state index is 0.623. The zero-order valence-corrected chi connectivity index (χ0v) is 11.2. The summed E-state index contributed by atoms with van der Waals surface area (Å²) in [5.74, 6) is 1.28. The molecule has 1 heterocycles. The van der Waals surface area contributed by atoms with Crippen molar-refractivity contribution in [3.05, 3.63) is 28.1 Å². The SMILES string of the molecule is COc1ccc(-c2nc(C)sc2C=O)cc1OC. The van der Waals surface area contributed by atoms with Crippen LogP contribution in [-0.2, 0) is 0 Å². The van der Waals surface area contributed by atoms with Gasteiger partial charge in [-0.1, -0.05) is 0 Å². The van der Waals surface area contributed by atoms with E-state index in [1.165, 1.54) is 11.3 Å². The molecule has 2 aromatic rings. The van der Waals surface area contributed by atoms with Gasteiger partial charge in [0.25, 0.3) is 0 Å². The van der Waals surface area contributed by atoms with Gasteiger partial charge in [-0.05, 0) is 25.1 Å². The number of carbonyl (C=O) groups is 1. The van der Waals surface area contributed by atoms with E-state index in [2.05, 4.69) is 4.98 Å². The van der Waals surface area contributed by atoms with E-state index in [1.54, 1.807) is 20.3 Å². The average molecular weight is 263 g/mol. The molecule has 0 saturated carbocycles. The standard InChI is InChI=1S/C13H13NO3S/c1-8-14-13(12(7-15)18-8)9-4-5-10(16-2)11(6-9)17-3/h4-7H,1-3H3. The third-order valence-electron chi connectivity index (χ3n) is 2.52. The molecule has 0 aliphatic rings. The Balaban J connectivity index is 2.53. The van der Waals surface area contributed by atoms with Gasteiger partial charge in [0.05, 0.1) is 29.8 Å². The van der Waals surface area contributed by atoms with E-state index in [-0.39, 0.29) is 0 Å². The minimum absolute atomic E-state index is 0.623. The maximum atomic E-state index is 11.0.